The predicted molar refractivity (Wildman–Crippen MR) is 97.9 cm³/mol. The van der Waals surface area contributed by atoms with E-state index in [1.807, 2.05) is 6.92 Å². The first kappa shape index (κ1) is 19.6. The van der Waals surface area contributed by atoms with E-state index in [1.165, 1.54) is 27.4 Å². The number of methoxy groups -OCH3 is 3. The molecule has 9 heteroatoms. The Morgan fingerprint density at radius 3 is 2.38 bits per heavy atom. The fourth-order valence-electron chi connectivity index (χ4n) is 2.24. The number of thioether (sulfide) groups is 1. The zero-order chi connectivity index (χ0) is 19.1. The van der Waals surface area contributed by atoms with Crippen molar-refractivity contribution >= 4 is 23.8 Å². The quantitative estimate of drug-likeness (QED) is 0.506. The molecule has 1 aromatic carbocycles. The first-order chi connectivity index (χ1) is 12.5. The number of nitrogens with one attached hydrogen (secondary N) is 1. The minimum absolute atomic E-state index is 0.0707. The number of H-pyrrole nitrogens is 1. The number of aromatic amines is 1. The predicted octanol–water partition coefficient (Wildman–Crippen LogP) is 3.00. The van der Waals surface area contributed by atoms with Crippen LogP contribution in [0.15, 0.2) is 22.2 Å². The molecule has 0 saturated heterocycles. The SMILES string of the molecule is CCCc1nc(S/C(=C/c2cc(OC)c(OC)c(OC)c2)C(=O)O)n[nH]1. The van der Waals surface area contributed by atoms with Crippen LogP contribution in [-0.4, -0.2) is 47.6 Å². The summed E-state index contributed by atoms with van der Waals surface area (Å²) in [5, 5.41) is 16.7. The summed E-state index contributed by atoms with van der Waals surface area (Å²) in [6.07, 6.45) is 3.19. The first-order valence-electron chi connectivity index (χ1n) is 7.86. The molecule has 0 radical (unpaired) electrons. The molecule has 0 aliphatic carbocycles. The highest BCUT2D eigenvalue weighted by atomic mass is 32.2. The van der Waals surface area contributed by atoms with Gasteiger partial charge in [-0.2, -0.15) is 0 Å². The number of carbonyl (C=O) groups is 1. The van der Waals surface area contributed by atoms with Crippen molar-refractivity contribution in [1.29, 1.82) is 0 Å². The third-order valence-electron chi connectivity index (χ3n) is 3.39. The average Bonchev–Trinajstić information content (AvgIpc) is 3.07. The largest absolute Gasteiger partial charge is 0.493 e. The van der Waals surface area contributed by atoms with Gasteiger partial charge >= 0.3 is 5.97 Å². The van der Waals surface area contributed by atoms with Crippen molar-refractivity contribution in [2.45, 2.75) is 24.9 Å². The maximum absolute atomic E-state index is 11.6. The highest BCUT2D eigenvalue weighted by molar-refractivity contribution is 8.04. The van der Waals surface area contributed by atoms with E-state index in [2.05, 4.69) is 15.2 Å². The molecule has 2 aromatic rings. The third-order valence-corrected chi connectivity index (χ3v) is 4.27. The van der Waals surface area contributed by atoms with Crippen LogP contribution < -0.4 is 14.2 Å². The monoisotopic (exact) mass is 379 g/mol. The number of carboxylic acid groups (broad SMARTS) is 1. The van der Waals surface area contributed by atoms with Crippen LogP contribution in [0.2, 0.25) is 0 Å². The lowest BCUT2D eigenvalue weighted by molar-refractivity contribution is -0.131. The molecular weight excluding hydrogens is 358 g/mol. The van der Waals surface area contributed by atoms with E-state index in [4.69, 9.17) is 14.2 Å². The van der Waals surface area contributed by atoms with Crippen LogP contribution in [0.1, 0.15) is 24.7 Å². The fourth-order valence-corrected chi connectivity index (χ4v) is 2.97. The molecule has 1 aromatic heterocycles. The number of aromatic nitrogens is 3. The number of rotatable bonds is 9. The van der Waals surface area contributed by atoms with Crippen molar-refractivity contribution in [2.24, 2.45) is 0 Å². The Labute approximate surface area is 155 Å². The smallest absolute Gasteiger partial charge is 0.342 e. The Hall–Kier alpha value is -2.68. The fraction of sp³-hybridized carbons (Fsp3) is 0.353. The topological polar surface area (TPSA) is 107 Å². The average molecular weight is 379 g/mol. The van der Waals surface area contributed by atoms with Crippen molar-refractivity contribution in [3.63, 3.8) is 0 Å². The number of hydrogen-bond acceptors (Lipinski definition) is 7. The summed E-state index contributed by atoms with van der Waals surface area (Å²) in [6.45, 7) is 2.03. The summed E-state index contributed by atoms with van der Waals surface area (Å²) in [4.78, 5) is 16.0. The van der Waals surface area contributed by atoms with Crippen molar-refractivity contribution < 1.29 is 24.1 Å². The van der Waals surface area contributed by atoms with Gasteiger partial charge in [-0.15, -0.1) is 5.10 Å². The minimum Gasteiger partial charge on any atom is -0.493 e. The number of nitrogens with zero attached hydrogens (tertiary/aromatic N) is 2. The van der Waals surface area contributed by atoms with E-state index in [9.17, 15) is 9.90 Å². The molecule has 2 rings (SSSR count). The molecule has 0 bridgehead atoms. The lowest BCUT2D eigenvalue weighted by Crippen LogP contribution is -1.99. The zero-order valence-electron chi connectivity index (χ0n) is 15.0. The lowest BCUT2D eigenvalue weighted by atomic mass is 10.1. The Bertz CT molecular complexity index is 778. The van der Waals surface area contributed by atoms with Gasteiger partial charge in [0.25, 0.3) is 0 Å². The summed E-state index contributed by atoms with van der Waals surface area (Å²) in [7, 11) is 4.51. The summed E-state index contributed by atoms with van der Waals surface area (Å²) in [6, 6.07) is 3.34. The van der Waals surface area contributed by atoms with Crippen LogP contribution in [0.25, 0.3) is 6.08 Å². The number of ether oxygens (including phenoxy) is 3. The van der Waals surface area contributed by atoms with Crippen LogP contribution >= 0.6 is 11.8 Å². The van der Waals surface area contributed by atoms with Crippen molar-refractivity contribution in [1.82, 2.24) is 15.2 Å². The Kier molecular flexibility index (Phi) is 6.90. The number of hydrogen-bond donors (Lipinski definition) is 2. The van der Waals surface area contributed by atoms with Gasteiger partial charge in [-0.05, 0) is 42.0 Å². The normalized spacial score (nSPS) is 11.3. The molecule has 0 spiro atoms. The lowest BCUT2D eigenvalue weighted by Gasteiger charge is -2.13. The van der Waals surface area contributed by atoms with Gasteiger partial charge in [-0.3, -0.25) is 5.10 Å². The summed E-state index contributed by atoms with van der Waals surface area (Å²) in [5.41, 5.74) is 0.591. The molecule has 140 valence electrons. The van der Waals surface area contributed by atoms with E-state index < -0.39 is 5.97 Å². The van der Waals surface area contributed by atoms with Crippen LogP contribution in [-0.2, 0) is 11.2 Å². The molecule has 26 heavy (non-hydrogen) atoms. The van der Waals surface area contributed by atoms with E-state index in [0.29, 0.717) is 28.0 Å². The molecule has 0 atom stereocenters. The van der Waals surface area contributed by atoms with Crippen molar-refractivity contribution in [3.8, 4) is 17.2 Å². The second-order valence-corrected chi connectivity index (χ2v) is 6.20. The summed E-state index contributed by atoms with van der Waals surface area (Å²) >= 11 is 0.970. The number of carboxylic acids is 1. The Morgan fingerprint density at radius 1 is 1.23 bits per heavy atom. The van der Waals surface area contributed by atoms with Gasteiger partial charge in [0.15, 0.2) is 11.5 Å². The molecule has 0 fully saturated rings. The number of aliphatic carboxylic acids is 1. The second-order valence-electron chi connectivity index (χ2n) is 5.19. The standard InChI is InChI=1S/C17H21N3O5S/c1-5-6-14-18-17(20-19-14)26-13(16(21)22)9-10-7-11(23-2)15(25-4)12(8-10)24-3/h7-9H,5-6H2,1-4H3,(H,21,22)(H,18,19,20)/b13-9+. The van der Waals surface area contributed by atoms with Gasteiger partial charge in [-0.25, -0.2) is 9.78 Å². The van der Waals surface area contributed by atoms with Crippen LogP contribution in [0.3, 0.4) is 0 Å². The molecule has 0 amide bonds. The van der Waals surface area contributed by atoms with E-state index in [-0.39, 0.29) is 4.91 Å². The molecule has 0 saturated carbocycles. The third kappa shape index (κ3) is 4.69. The van der Waals surface area contributed by atoms with Gasteiger partial charge in [0.2, 0.25) is 10.9 Å². The molecule has 0 unspecified atom stereocenters. The molecule has 2 N–H and O–H groups in total. The minimum atomic E-state index is -1.08. The summed E-state index contributed by atoms with van der Waals surface area (Å²) < 4.78 is 15.9. The molecular formula is C17H21N3O5S. The Balaban J connectivity index is 2.36. The van der Waals surface area contributed by atoms with Gasteiger partial charge < -0.3 is 19.3 Å². The van der Waals surface area contributed by atoms with Gasteiger partial charge in [-0.1, -0.05) is 6.92 Å². The first-order valence-corrected chi connectivity index (χ1v) is 8.68. The highest BCUT2D eigenvalue weighted by Crippen LogP contribution is 2.39. The van der Waals surface area contributed by atoms with Gasteiger partial charge in [0.1, 0.15) is 10.7 Å². The summed E-state index contributed by atoms with van der Waals surface area (Å²) in [5.74, 6) is 0.972. The number of aryl methyl sites for hydroxylation is 1. The molecule has 8 nitrogen and oxygen atoms in total. The van der Waals surface area contributed by atoms with Gasteiger partial charge in [0, 0.05) is 6.42 Å². The van der Waals surface area contributed by atoms with E-state index in [1.54, 1.807) is 12.1 Å². The zero-order valence-corrected chi connectivity index (χ0v) is 15.8. The molecule has 0 aliphatic heterocycles. The van der Waals surface area contributed by atoms with Crippen LogP contribution in [0.5, 0.6) is 17.2 Å². The van der Waals surface area contributed by atoms with Crippen molar-refractivity contribution in [2.75, 3.05) is 21.3 Å². The van der Waals surface area contributed by atoms with Crippen molar-refractivity contribution in [3.05, 3.63) is 28.4 Å². The second kappa shape index (κ2) is 9.14. The van der Waals surface area contributed by atoms with Crippen LogP contribution in [0, 0.1) is 0 Å². The number of benzene rings is 1. The molecule has 1 heterocycles. The van der Waals surface area contributed by atoms with Gasteiger partial charge in [0.05, 0.1) is 21.3 Å². The van der Waals surface area contributed by atoms with E-state index in [0.717, 1.165) is 30.4 Å². The Morgan fingerprint density at radius 2 is 1.88 bits per heavy atom. The maximum atomic E-state index is 11.6. The maximum Gasteiger partial charge on any atom is 0.342 e. The van der Waals surface area contributed by atoms with E-state index >= 15 is 0 Å². The molecule has 0 aliphatic rings. The van der Waals surface area contributed by atoms with Crippen LogP contribution in [0.4, 0.5) is 0 Å². The highest BCUT2D eigenvalue weighted by Gasteiger charge is 2.16.